The van der Waals surface area contributed by atoms with Gasteiger partial charge in [-0.25, -0.2) is 0 Å². The summed E-state index contributed by atoms with van der Waals surface area (Å²) in [6, 6.07) is 0. The summed E-state index contributed by atoms with van der Waals surface area (Å²) in [5.74, 6) is 0.0960. The largest absolute Gasteiger partial charge is 0.481 e. The molecule has 0 aromatic carbocycles. The Bertz CT molecular complexity index is 146. The number of nitrogens with two attached hydrogens (primary N) is 1. The maximum Gasteiger partial charge on any atom is 0.310 e. The molecule has 1 atom stereocenters. The van der Waals surface area contributed by atoms with Gasteiger partial charge in [0.15, 0.2) is 0 Å². The molecule has 0 heterocycles. The number of thioether (sulfide) groups is 1. The minimum atomic E-state index is -0.762. The Morgan fingerprint density at radius 2 is 2.25 bits per heavy atom. The van der Waals surface area contributed by atoms with Gasteiger partial charge in [0.1, 0.15) is 0 Å². The van der Waals surface area contributed by atoms with Gasteiger partial charge in [-0.3, -0.25) is 4.79 Å². The van der Waals surface area contributed by atoms with Crippen LogP contribution in [-0.4, -0.2) is 29.6 Å². The topological polar surface area (TPSA) is 63.3 Å². The lowest BCUT2D eigenvalue weighted by Gasteiger charge is -2.25. The van der Waals surface area contributed by atoms with Crippen LogP contribution in [0.5, 0.6) is 0 Å². The molecule has 12 heavy (non-hydrogen) atoms. The van der Waals surface area contributed by atoms with Gasteiger partial charge >= 0.3 is 5.97 Å². The molecule has 0 saturated carbocycles. The zero-order valence-corrected chi connectivity index (χ0v) is 8.49. The number of carboxylic acid groups (broad SMARTS) is 1. The fourth-order valence-corrected chi connectivity index (χ4v) is 1.66. The highest BCUT2D eigenvalue weighted by molar-refractivity contribution is 7.98. The Morgan fingerprint density at radius 3 is 2.50 bits per heavy atom. The monoisotopic (exact) mass is 191 g/mol. The third-order valence-electron chi connectivity index (χ3n) is 2.31. The molecular weight excluding hydrogens is 174 g/mol. The average Bonchev–Trinajstić information content (AvgIpc) is 2.07. The number of carboxylic acids is 1. The van der Waals surface area contributed by atoms with E-state index in [2.05, 4.69) is 0 Å². The van der Waals surface area contributed by atoms with Crippen molar-refractivity contribution in [1.29, 1.82) is 0 Å². The molecule has 0 spiro atoms. The first-order valence-electron chi connectivity index (χ1n) is 4.05. The number of rotatable bonds is 6. The van der Waals surface area contributed by atoms with Crippen LogP contribution in [0.1, 0.15) is 19.8 Å². The summed E-state index contributed by atoms with van der Waals surface area (Å²) in [6.07, 6.45) is 3.24. The van der Waals surface area contributed by atoms with Crippen LogP contribution in [0.15, 0.2) is 0 Å². The van der Waals surface area contributed by atoms with E-state index in [1.165, 1.54) is 0 Å². The lowest BCUT2D eigenvalue weighted by molar-refractivity contribution is -0.148. The number of hydrogen-bond acceptors (Lipinski definition) is 3. The molecule has 4 heteroatoms. The number of carbonyl (C=O) groups is 1. The van der Waals surface area contributed by atoms with Crippen LogP contribution >= 0.6 is 11.8 Å². The van der Waals surface area contributed by atoms with Crippen molar-refractivity contribution in [3.8, 4) is 0 Å². The minimum Gasteiger partial charge on any atom is -0.481 e. The maximum absolute atomic E-state index is 10.9. The molecule has 0 aromatic rings. The van der Waals surface area contributed by atoms with E-state index >= 15 is 0 Å². The molecule has 1 unspecified atom stereocenters. The number of hydrogen-bond donors (Lipinski definition) is 2. The molecule has 0 rings (SSSR count). The normalized spacial score (nSPS) is 15.6. The van der Waals surface area contributed by atoms with Crippen LogP contribution in [0.4, 0.5) is 0 Å². The third-order valence-corrected chi connectivity index (χ3v) is 2.92. The molecule has 0 aliphatic rings. The van der Waals surface area contributed by atoms with Crippen molar-refractivity contribution < 1.29 is 9.90 Å². The summed E-state index contributed by atoms with van der Waals surface area (Å²) in [5, 5.41) is 8.96. The van der Waals surface area contributed by atoms with Gasteiger partial charge in [0.2, 0.25) is 0 Å². The van der Waals surface area contributed by atoms with E-state index in [4.69, 9.17) is 10.8 Å². The zero-order chi connectivity index (χ0) is 9.61. The molecule has 3 N–H and O–H groups in total. The smallest absolute Gasteiger partial charge is 0.310 e. The van der Waals surface area contributed by atoms with Gasteiger partial charge in [-0.1, -0.05) is 6.92 Å². The van der Waals surface area contributed by atoms with Crippen molar-refractivity contribution in [2.75, 3.05) is 18.6 Å². The van der Waals surface area contributed by atoms with E-state index in [0.717, 1.165) is 5.75 Å². The van der Waals surface area contributed by atoms with E-state index in [1.807, 2.05) is 13.2 Å². The first-order chi connectivity index (χ1) is 5.63. The molecule has 0 aromatic heterocycles. The molecule has 0 amide bonds. The fraction of sp³-hybridized carbons (Fsp3) is 0.875. The van der Waals surface area contributed by atoms with Crippen LogP contribution < -0.4 is 5.73 Å². The third kappa shape index (κ3) is 2.68. The predicted octanol–water partition coefficient (Wildman–Crippen LogP) is 1.18. The summed E-state index contributed by atoms with van der Waals surface area (Å²) in [6.45, 7) is 2.11. The molecule has 0 aliphatic carbocycles. The quantitative estimate of drug-likeness (QED) is 0.661. The van der Waals surface area contributed by atoms with Crippen molar-refractivity contribution in [3.05, 3.63) is 0 Å². The van der Waals surface area contributed by atoms with Gasteiger partial charge in [0.25, 0.3) is 0 Å². The van der Waals surface area contributed by atoms with Gasteiger partial charge in [-0.15, -0.1) is 0 Å². The van der Waals surface area contributed by atoms with Crippen molar-refractivity contribution in [1.82, 2.24) is 0 Å². The first kappa shape index (κ1) is 11.8. The first-order valence-corrected chi connectivity index (χ1v) is 5.44. The fourth-order valence-electron chi connectivity index (χ4n) is 1.07. The van der Waals surface area contributed by atoms with Gasteiger partial charge in [0.05, 0.1) is 5.41 Å². The van der Waals surface area contributed by atoms with E-state index in [0.29, 0.717) is 12.8 Å². The lowest BCUT2D eigenvalue weighted by atomic mass is 9.83. The second kappa shape index (κ2) is 5.43. The standard InChI is InChI=1S/C8H17NO2S/c1-3-8(6-9,7(10)11)4-5-12-2/h3-6,9H2,1-2H3,(H,10,11). The number of aliphatic carboxylic acids is 1. The maximum atomic E-state index is 10.9. The van der Waals surface area contributed by atoms with Crippen LogP contribution in [0, 0.1) is 5.41 Å². The highest BCUT2D eigenvalue weighted by Crippen LogP contribution is 2.26. The van der Waals surface area contributed by atoms with Gasteiger partial charge in [-0.2, -0.15) is 11.8 Å². The van der Waals surface area contributed by atoms with Crippen molar-refractivity contribution in [2.24, 2.45) is 11.1 Å². The second-order valence-corrected chi connectivity index (χ2v) is 3.87. The van der Waals surface area contributed by atoms with Crippen LogP contribution in [0.2, 0.25) is 0 Å². The van der Waals surface area contributed by atoms with Crippen molar-refractivity contribution in [2.45, 2.75) is 19.8 Å². The Kier molecular flexibility index (Phi) is 5.33. The summed E-state index contributed by atoms with van der Waals surface area (Å²) in [4.78, 5) is 10.9. The van der Waals surface area contributed by atoms with Crippen molar-refractivity contribution in [3.63, 3.8) is 0 Å². The molecule has 0 saturated heterocycles. The Labute approximate surface area is 77.7 Å². The van der Waals surface area contributed by atoms with E-state index in [-0.39, 0.29) is 6.54 Å². The highest BCUT2D eigenvalue weighted by Gasteiger charge is 2.34. The van der Waals surface area contributed by atoms with Crippen molar-refractivity contribution >= 4 is 17.7 Å². The highest BCUT2D eigenvalue weighted by atomic mass is 32.2. The van der Waals surface area contributed by atoms with Gasteiger partial charge < -0.3 is 10.8 Å². The summed E-state index contributed by atoms with van der Waals surface area (Å²) in [5.41, 5.74) is 4.78. The Morgan fingerprint density at radius 1 is 1.67 bits per heavy atom. The molecule has 0 radical (unpaired) electrons. The summed E-state index contributed by atoms with van der Waals surface area (Å²) in [7, 11) is 0. The zero-order valence-electron chi connectivity index (χ0n) is 7.67. The van der Waals surface area contributed by atoms with E-state index in [1.54, 1.807) is 11.8 Å². The SMILES string of the molecule is CCC(CN)(CCSC)C(=O)O. The van der Waals surface area contributed by atoms with Crippen LogP contribution in [0.25, 0.3) is 0 Å². The van der Waals surface area contributed by atoms with E-state index in [9.17, 15) is 4.79 Å². The molecule has 0 fully saturated rings. The molecule has 0 bridgehead atoms. The molecule has 0 aliphatic heterocycles. The molecular formula is C8H17NO2S. The average molecular weight is 191 g/mol. The Hall–Kier alpha value is -0.220. The molecule has 72 valence electrons. The Balaban J connectivity index is 4.25. The summed E-state index contributed by atoms with van der Waals surface area (Å²) >= 11 is 1.66. The summed E-state index contributed by atoms with van der Waals surface area (Å²) < 4.78 is 0. The van der Waals surface area contributed by atoms with Gasteiger partial charge in [0, 0.05) is 6.54 Å². The predicted molar refractivity (Wildman–Crippen MR) is 52.4 cm³/mol. The van der Waals surface area contributed by atoms with Gasteiger partial charge in [-0.05, 0) is 24.9 Å². The van der Waals surface area contributed by atoms with Crippen LogP contribution in [0.3, 0.4) is 0 Å². The second-order valence-electron chi connectivity index (χ2n) is 2.89. The molecule has 3 nitrogen and oxygen atoms in total. The lowest BCUT2D eigenvalue weighted by Crippen LogP contribution is -2.38. The minimum absolute atomic E-state index is 0.236. The van der Waals surface area contributed by atoms with Crippen LogP contribution in [-0.2, 0) is 4.79 Å². The van der Waals surface area contributed by atoms with E-state index < -0.39 is 11.4 Å².